The molecule has 1 saturated heterocycles. The quantitative estimate of drug-likeness (QED) is 0.0658. The number of piperazine rings is 1. The summed E-state index contributed by atoms with van der Waals surface area (Å²) in [5, 5.41) is 19.3. The molecule has 4 aromatic rings. The molecule has 2 aliphatic rings. The molecule has 0 radical (unpaired) electrons. The molecule has 1 aromatic heterocycles. The van der Waals surface area contributed by atoms with Gasteiger partial charge in [0.05, 0.1) is 18.2 Å². The maximum absolute atomic E-state index is 12.5. The molecule has 0 atom stereocenters. The van der Waals surface area contributed by atoms with Crippen LogP contribution in [0.5, 0.6) is 5.75 Å². The zero-order chi connectivity index (χ0) is 49.0. The van der Waals surface area contributed by atoms with Gasteiger partial charge in [0, 0.05) is 81.4 Å². The van der Waals surface area contributed by atoms with Crippen molar-refractivity contribution in [1.82, 2.24) is 25.3 Å². The smallest absolute Gasteiger partial charge is 0.416 e. The third-order valence-electron chi connectivity index (χ3n) is 12.4. The molecule has 2 fully saturated rings. The number of carboxylic acids is 1. The van der Waals surface area contributed by atoms with Gasteiger partial charge in [0.25, 0.3) is 0 Å². The number of benzene rings is 3. The summed E-state index contributed by atoms with van der Waals surface area (Å²) in [4.78, 5) is 54.7. The summed E-state index contributed by atoms with van der Waals surface area (Å²) in [5.74, 6) is -0.868. The lowest BCUT2D eigenvalue weighted by atomic mass is 9.77. The Kier molecular flexibility index (Phi) is 22.0. The first-order valence-corrected chi connectivity index (χ1v) is 23.9. The molecule has 67 heavy (non-hydrogen) atoms. The van der Waals surface area contributed by atoms with E-state index >= 15 is 0 Å². The topological polar surface area (TPSA) is 155 Å². The summed E-state index contributed by atoms with van der Waals surface area (Å²) in [6.45, 7) is 6.10. The average molecular weight is 956 g/mol. The number of nitrogens with one attached hydrogen (secondary N) is 3. The molecule has 12 nitrogen and oxygen atoms in total. The number of unbranched alkanes of at least 4 members (excludes halogenated alkanes) is 2. The molecular formula is C50H67F4N6O6S-. The van der Waals surface area contributed by atoms with Crippen molar-refractivity contribution in [2.75, 3.05) is 53.9 Å². The number of aliphatic carboxylic acids is 1. The van der Waals surface area contributed by atoms with Crippen LogP contribution >= 0.6 is 11.3 Å². The van der Waals surface area contributed by atoms with Gasteiger partial charge in [0.1, 0.15) is 11.6 Å². The van der Waals surface area contributed by atoms with E-state index in [1.165, 1.54) is 21.2 Å². The monoisotopic (exact) mass is 955 g/mol. The lowest BCUT2D eigenvalue weighted by molar-refractivity contribution is -0.139. The van der Waals surface area contributed by atoms with E-state index in [9.17, 15) is 36.7 Å². The van der Waals surface area contributed by atoms with Gasteiger partial charge in [-0.05, 0) is 93.0 Å². The number of hydrogen-bond acceptors (Lipinski definition) is 8. The van der Waals surface area contributed by atoms with Crippen LogP contribution in [0.1, 0.15) is 106 Å². The Bertz CT molecular complexity index is 2170. The number of fused-ring (bicyclic) bond motifs is 1. The number of alkyl halides is 3. The number of hydrogen-bond donors (Lipinski definition) is 3. The van der Waals surface area contributed by atoms with Crippen LogP contribution in [0.2, 0.25) is 0 Å². The Morgan fingerprint density at radius 3 is 2.21 bits per heavy atom. The van der Waals surface area contributed by atoms with E-state index in [2.05, 4.69) is 77.2 Å². The summed E-state index contributed by atoms with van der Waals surface area (Å²) in [6, 6.07) is 19.3. The maximum atomic E-state index is 12.5. The van der Waals surface area contributed by atoms with E-state index in [-0.39, 0.29) is 54.1 Å². The zero-order valence-electron chi connectivity index (χ0n) is 39.2. The first kappa shape index (κ1) is 54.5. The van der Waals surface area contributed by atoms with Crippen LogP contribution < -0.4 is 15.4 Å². The predicted octanol–water partition coefficient (Wildman–Crippen LogP) is 9.79. The summed E-state index contributed by atoms with van der Waals surface area (Å²) in [6.07, 6.45) is 4.05. The highest BCUT2D eigenvalue weighted by Gasteiger charge is 2.40. The second kappa shape index (κ2) is 27.0. The van der Waals surface area contributed by atoms with Crippen LogP contribution in [0.3, 0.4) is 0 Å². The second-order valence-corrected chi connectivity index (χ2v) is 18.1. The van der Waals surface area contributed by atoms with Crippen molar-refractivity contribution < 1.29 is 46.6 Å². The summed E-state index contributed by atoms with van der Waals surface area (Å²) in [5.41, 5.74) is 6.80. The van der Waals surface area contributed by atoms with Gasteiger partial charge >= 0.3 is 12.1 Å². The Morgan fingerprint density at radius 2 is 1.60 bits per heavy atom. The van der Waals surface area contributed by atoms with Crippen LogP contribution in [0.4, 0.5) is 17.6 Å². The number of amides is 3. The fourth-order valence-corrected chi connectivity index (χ4v) is 9.55. The molecular weight excluding hydrogens is 889 g/mol. The minimum absolute atomic E-state index is 0.00261. The van der Waals surface area contributed by atoms with E-state index in [1.807, 2.05) is 34.4 Å². The first-order chi connectivity index (χ1) is 32.0. The molecule has 17 heteroatoms. The number of carboxylic acid groups (broad SMARTS) is 1. The molecule has 0 spiro atoms. The lowest BCUT2D eigenvalue weighted by Gasteiger charge is -2.44. The summed E-state index contributed by atoms with van der Waals surface area (Å²) >= 11 is 1.82. The molecule has 0 bridgehead atoms. The lowest BCUT2D eigenvalue weighted by Crippen LogP contribution is -2.48. The summed E-state index contributed by atoms with van der Waals surface area (Å²) in [7, 11) is 6.00. The standard InChI is InChI=1S/C21H35N3O2S.C21H26N2O4.C8H6F4N/c1-4-5-6-15-22-19(25)9-10-20(26)23-17-11-13-21(14-12-17,24(2)3)18-8-7-16-27-18;1-27-19-10-9-16-5-2-3-6-17(16)18(19)15-22-11-13-23(14-12-22)20(24)7-4-8-21(25)26;9-6-2-1-5(4-13)7(3-6)8(10,11)12/h7-8,16-17H,4-6,9-15H2,1-3H3,(H,22,25)(H,23,26);2-3,5-6,9-10H,4,7-8,11-15H2,1H3,(H,25,26);1-3,13H,4H2/q;;-1. The van der Waals surface area contributed by atoms with Gasteiger partial charge in [-0.15, -0.1) is 17.9 Å². The highest BCUT2D eigenvalue weighted by molar-refractivity contribution is 7.10. The predicted molar refractivity (Wildman–Crippen MR) is 255 cm³/mol. The van der Waals surface area contributed by atoms with Crippen molar-refractivity contribution in [2.45, 2.75) is 115 Å². The highest BCUT2D eigenvalue weighted by atomic mass is 32.1. The molecule has 368 valence electrons. The van der Waals surface area contributed by atoms with E-state index in [1.54, 1.807) is 7.11 Å². The van der Waals surface area contributed by atoms with Crippen LogP contribution in [-0.4, -0.2) is 103 Å². The number of halogens is 4. The van der Waals surface area contributed by atoms with Gasteiger partial charge in [-0.3, -0.25) is 29.0 Å². The molecule has 1 aliphatic heterocycles. The normalized spacial score (nSPS) is 17.5. The Labute approximate surface area is 396 Å². The van der Waals surface area contributed by atoms with Crippen molar-refractivity contribution in [2.24, 2.45) is 0 Å². The second-order valence-electron chi connectivity index (χ2n) is 17.1. The number of thiophene rings is 1. The third kappa shape index (κ3) is 16.9. The van der Waals surface area contributed by atoms with Crippen molar-refractivity contribution in [3.8, 4) is 5.75 Å². The van der Waals surface area contributed by atoms with Crippen LogP contribution in [-0.2, 0) is 44.0 Å². The van der Waals surface area contributed by atoms with E-state index in [4.69, 9.17) is 15.6 Å². The average Bonchev–Trinajstić information content (AvgIpc) is 3.86. The van der Waals surface area contributed by atoms with Crippen LogP contribution in [0, 0.1) is 5.82 Å². The number of ether oxygens (including phenoxy) is 1. The van der Waals surface area contributed by atoms with Gasteiger partial charge in [-0.25, -0.2) is 4.39 Å². The Hall–Kier alpha value is -5.10. The molecule has 3 amide bonds. The fraction of sp³-hybridized carbons (Fsp3) is 0.520. The number of rotatable bonds is 18. The number of nitrogens with zero attached hydrogens (tertiary/aromatic N) is 3. The van der Waals surface area contributed by atoms with E-state index in [0.717, 1.165) is 82.5 Å². The number of methoxy groups -OCH3 is 1. The molecule has 0 unspecified atom stereocenters. The molecule has 6 rings (SSSR count). The Balaban J connectivity index is 0.000000233. The molecule has 2 heterocycles. The van der Waals surface area contributed by atoms with Gasteiger partial charge < -0.3 is 31.1 Å². The first-order valence-electron chi connectivity index (χ1n) is 23.1. The minimum Gasteiger partial charge on any atom is -0.674 e. The molecule has 3 aromatic carbocycles. The van der Waals surface area contributed by atoms with Crippen molar-refractivity contribution in [3.63, 3.8) is 0 Å². The van der Waals surface area contributed by atoms with Crippen molar-refractivity contribution >= 4 is 45.8 Å². The van der Waals surface area contributed by atoms with Crippen LogP contribution in [0.15, 0.2) is 72.1 Å². The van der Waals surface area contributed by atoms with E-state index in [0.29, 0.717) is 38.5 Å². The Morgan fingerprint density at radius 1 is 0.896 bits per heavy atom. The summed E-state index contributed by atoms with van der Waals surface area (Å²) < 4.78 is 54.5. The van der Waals surface area contributed by atoms with Crippen LogP contribution in [0.25, 0.3) is 16.5 Å². The zero-order valence-corrected chi connectivity index (χ0v) is 40.0. The number of carbonyl (C=O) groups excluding carboxylic acids is 3. The molecule has 1 aliphatic carbocycles. The largest absolute Gasteiger partial charge is 0.674 e. The van der Waals surface area contributed by atoms with E-state index < -0.39 is 30.1 Å². The molecule has 1 saturated carbocycles. The van der Waals surface area contributed by atoms with Crippen molar-refractivity contribution in [3.05, 3.63) is 105 Å². The molecule has 4 N–H and O–H groups in total. The van der Waals surface area contributed by atoms with Gasteiger partial charge in [-0.1, -0.05) is 67.8 Å². The van der Waals surface area contributed by atoms with Gasteiger partial charge in [0.2, 0.25) is 17.7 Å². The van der Waals surface area contributed by atoms with Gasteiger partial charge in [-0.2, -0.15) is 13.2 Å². The van der Waals surface area contributed by atoms with Gasteiger partial charge in [0.15, 0.2) is 0 Å². The maximum Gasteiger partial charge on any atom is 0.416 e. The number of carbonyl (C=O) groups is 4. The van der Waals surface area contributed by atoms with Crippen molar-refractivity contribution in [1.29, 1.82) is 0 Å². The SMILES string of the molecule is CCCCCNC(=O)CCC(=O)NC1CCC(c2cccs2)(N(C)C)CC1.COc1ccc2ccccc2c1CN1CCN(C(=O)CCCC(=O)O)CC1.[NH-]Cc1ccc(F)cc1C(F)(F)F. The highest BCUT2D eigenvalue weighted by Crippen LogP contribution is 2.43. The minimum atomic E-state index is -4.58. The third-order valence-corrected chi connectivity index (χ3v) is 13.4. The fourth-order valence-electron chi connectivity index (χ4n) is 8.48.